The zero-order valence-electron chi connectivity index (χ0n) is 13.0. The molecule has 0 unspecified atom stereocenters. The zero-order valence-corrected chi connectivity index (χ0v) is 13.9. The van der Waals surface area contributed by atoms with Gasteiger partial charge in [-0.3, -0.25) is 4.79 Å². The van der Waals surface area contributed by atoms with Crippen LogP contribution in [0.1, 0.15) is 48.9 Å². The van der Waals surface area contributed by atoms with Crippen LogP contribution in [0.5, 0.6) is 0 Å². The van der Waals surface area contributed by atoms with E-state index in [4.69, 9.17) is 5.11 Å². The number of anilines is 1. The highest BCUT2D eigenvalue weighted by atomic mass is 32.2. The Morgan fingerprint density at radius 1 is 1.09 bits per heavy atom. The highest BCUT2D eigenvalue weighted by molar-refractivity contribution is 7.90. The summed E-state index contributed by atoms with van der Waals surface area (Å²) in [7, 11) is -3.56. The van der Waals surface area contributed by atoms with Gasteiger partial charge in [-0.25, -0.2) is 13.2 Å². The van der Waals surface area contributed by atoms with Crippen LogP contribution < -0.4 is 5.32 Å². The van der Waals surface area contributed by atoms with E-state index in [1.165, 1.54) is 12.1 Å². The van der Waals surface area contributed by atoms with E-state index in [1.807, 2.05) is 0 Å². The van der Waals surface area contributed by atoms with Crippen LogP contribution in [0.2, 0.25) is 0 Å². The molecule has 1 fully saturated rings. The fourth-order valence-corrected chi connectivity index (χ4v) is 3.48. The van der Waals surface area contributed by atoms with Crippen molar-refractivity contribution < 1.29 is 23.1 Å². The number of carboxylic acids is 1. The lowest BCUT2D eigenvalue weighted by Crippen LogP contribution is -2.22. The number of aromatic carboxylic acids is 1. The Hall–Kier alpha value is -1.89. The molecule has 0 radical (unpaired) electrons. The molecule has 126 valence electrons. The van der Waals surface area contributed by atoms with Crippen LogP contribution in [0, 0.1) is 5.92 Å². The Kier molecular flexibility index (Phi) is 5.41. The second-order valence-electron chi connectivity index (χ2n) is 6.00. The van der Waals surface area contributed by atoms with Gasteiger partial charge < -0.3 is 10.4 Å². The van der Waals surface area contributed by atoms with Crippen molar-refractivity contribution in [2.24, 2.45) is 5.92 Å². The minimum atomic E-state index is -3.56. The number of nitrogens with one attached hydrogen (secondary N) is 1. The maximum Gasteiger partial charge on any atom is 0.335 e. The molecule has 1 aliphatic carbocycles. The van der Waals surface area contributed by atoms with Crippen LogP contribution in [0.25, 0.3) is 0 Å². The second kappa shape index (κ2) is 7.12. The van der Waals surface area contributed by atoms with E-state index in [0.29, 0.717) is 0 Å². The van der Waals surface area contributed by atoms with Crippen LogP contribution in [-0.2, 0) is 14.6 Å². The third kappa shape index (κ3) is 4.79. The van der Waals surface area contributed by atoms with Crippen molar-refractivity contribution in [3.63, 3.8) is 0 Å². The average Bonchev–Trinajstić information content (AvgIpc) is 2.75. The molecule has 1 aliphatic rings. The average molecular weight is 339 g/mol. The molecule has 1 saturated carbocycles. The van der Waals surface area contributed by atoms with E-state index >= 15 is 0 Å². The normalized spacial score (nSPS) is 16.6. The fraction of sp³-hybridized carbons (Fsp3) is 0.500. The van der Waals surface area contributed by atoms with Crippen LogP contribution in [0.4, 0.5) is 5.69 Å². The lowest BCUT2D eigenvalue weighted by atomic mass is 9.99. The predicted octanol–water partition coefficient (Wildman–Crippen LogP) is 2.70. The summed E-state index contributed by atoms with van der Waals surface area (Å²) in [6.07, 6.45) is 6.87. The molecule has 0 spiro atoms. The van der Waals surface area contributed by atoms with Gasteiger partial charge in [0.2, 0.25) is 5.91 Å². The van der Waals surface area contributed by atoms with Gasteiger partial charge in [0.15, 0.2) is 9.84 Å². The lowest BCUT2D eigenvalue weighted by Gasteiger charge is -2.15. The minimum absolute atomic E-state index is 0.104. The molecule has 0 atom stereocenters. The van der Waals surface area contributed by atoms with Crippen molar-refractivity contribution in [2.75, 3.05) is 11.6 Å². The number of carboxylic acid groups (broad SMARTS) is 1. The highest BCUT2D eigenvalue weighted by Gasteiger charge is 2.21. The Morgan fingerprint density at radius 3 is 2.22 bits per heavy atom. The molecule has 1 aromatic carbocycles. The summed E-state index contributed by atoms with van der Waals surface area (Å²) in [5, 5.41) is 11.8. The maximum absolute atomic E-state index is 12.4. The topological polar surface area (TPSA) is 101 Å². The number of benzene rings is 1. The van der Waals surface area contributed by atoms with Crippen molar-refractivity contribution in [3.05, 3.63) is 23.8 Å². The first-order valence-electron chi connectivity index (χ1n) is 7.66. The Morgan fingerprint density at radius 2 is 1.70 bits per heavy atom. The smallest absolute Gasteiger partial charge is 0.335 e. The van der Waals surface area contributed by atoms with Crippen molar-refractivity contribution in [1.29, 1.82) is 0 Å². The van der Waals surface area contributed by atoms with E-state index in [9.17, 15) is 18.0 Å². The van der Waals surface area contributed by atoms with Gasteiger partial charge in [0.05, 0.1) is 10.5 Å². The summed E-state index contributed by atoms with van der Waals surface area (Å²) in [5.41, 5.74) is 0.0451. The van der Waals surface area contributed by atoms with Crippen molar-refractivity contribution >= 4 is 27.4 Å². The van der Waals surface area contributed by atoms with Crippen LogP contribution in [0.15, 0.2) is 23.1 Å². The molecule has 0 bridgehead atoms. The standard InChI is InChI=1S/C16H21NO5S/c1-23(21,22)14-9-12(16(19)20)8-13(10-14)17-15(18)11-6-4-2-3-5-7-11/h8-11H,2-7H2,1H3,(H,17,18)(H,19,20). The molecular formula is C16H21NO5S. The van der Waals surface area contributed by atoms with E-state index in [-0.39, 0.29) is 28.0 Å². The molecule has 7 heteroatoms. The molecule has 0 aliphatic heterocycles. The van der Waals surface area contributed by atoms with Gasteiger partial charge in [0.25, 0.3) is 0 Å². The Labute approximate surface area is 135 Å². The number of hydrogen-bond donors (Lipinski definition) is 2. The molecule has 1 aromatic rings. The summed E-state index contributed by atoms with van der Waals surface area (Å²) in [6, 6.07) is 3.68. The first-order chi connectivity index (χ1) is 10.8. The Balaban J connectivity index is 2.26. The molecule has 6 nitrogen and oxygen atoms in total. The van der Waals surface area contributed by atoms with Crippen LogP contribution in [0.3, 0.4) is 0 Å². The molecule has 0 aromatic heterocycles. The quantitative estimate of drug-likeness (QED) is 0.821. The summed E-state index contributed by atoms with van der Waals surface area (Å²) in [5.74, 6) is -1.51. The van der Waals surface area contributed by atoms with E-state index in [1.54, 1.807) is 0 Å². The third-order valence-electron chi connectivity index (χ3n) is 4.08. The predicted molar refractivity (Wildman–Crippen MR) is 86.3 cm³/mol. The molecule has 2 rings (SSSR count). The van der Waals surface area contributed by atoms with Gasteiger partial charge in [-0.1, -0.05) is 25.7 Å². The van der Waals surface area contributed by atoms with Crippen LogP contribution >= 0.6 is 0 Å². The number of amides is 1. The fourth-order valence-electron chi connectivity index (χ4n) is 2.79. The van der Waals surface area contributed by atoms with E-state index in [0.717, 1.165) is 50.8 Å². The van der Waals surface area contributed by atoms with Crippen molar-refractivity contribution in [2.45, 2.75) is 43.4 Å². The summed E-state index contributed by atoms with van der Waals surface area (Å²) in [4.78, 5) is 23.4. The second-order valence-corrected chi connectivity index (χ2v) is 8.02. The molecule has 0 heterocycles. The molecule has 2 N–H and O–H groups in total. The number of rotatable bonds is 4. The SMILES string of the molecule is CS(=O)(=O)c1cc(NC(=O)C2CCCCCC2)cc(C(=O)O)c1. The maximum atomic E-state index is 12.4. The first kappa shape index (κ1) is 17.5. The third-order valence-corrected chi connectivity index (χ3v) is 5.17. The van der Waals surface area contributed by atoms with Gasteiger partial charge in [-0.2, -0.15) is 0 Å². The van der Waals surface area contributed by atoms with Crippen LogP contribution in [-0.4, -0.2) is 31.7 Å². The zero-order chi connectivity index (χ0) is 17.0. The first-order valence-corrected chi connectivity index (χ1v) is 9.56. The molecule has 1 amide bonds. The number of sulfone groups is 1. The monoisotopic (exact) mass is 339 g/mol. The lowest BCUT2D eigenvalue weighted by molar-refractivity contribution is -0.120. The number of carbonyl (C=O) groups is 2. The van der Waals surface area contributed by atoms with Crippen molar-refractivity contribution in [3.8, 4) is 0 Å². The highest BCUT2D eigenvalue weighted by Crippen LogP contribution is 2.25. The Bertz CT molecular complexity index is 703. The van der Waals surface area contributed by atoms with E-state index in [2.05, 4.69) is 5.32 Å². The number of hydrogen-bond acceptors (Lipinski definition) is 4. The van der Waals surface area contributed by atoms with Gasteiger partial charge in [0.1, 0.15) is 0 Å². The number of carbonyl (C=O) groups excluding carboxylic acids is 1. The largest absolute Gasteiger partial charge is 0.478 e. The summed E-state index contributed by atoms with van der Waals surface area (Å²) < 4.78 is 23.4. The van der Waals surface area contributed by atoms with Crippen molar-refractivity contribution in [1.82, 2.24) is 0 Å². The van der Waals surface area contributed by atoms with Gasteiger partial charge in [-0.05, 0) is 31.0 Å². The summed E-state index contributed by atoms with van der Waals surface area (Å²) in [6.45, 7) is 0. The summed E-state index contributed by atoms with van der Waals surface area (Å²) >= 11 is 0. The molecular weight excluding hydrogens is 318 g/mol. The minimum Gasteiger partial charge on any atom is -0.478 e. The molecule has 23 heavy (non-hydrogen) atoms. The van der Waals surface area contributed by atoms with Gasteiger partial charge in [0, 0.05) is 17.9 Å². The molecule has 0 saturated heterocycles. The van der Waals surface area contributed by atoms with Gasteiger partial charge >= 0.3 is 5.97 Å². The van der Waals surface area contributed by atoms with Gasteiger partial charge in [-0.15, -0.1) is 0 Å². The van der Waals surface area contributed by atoms with E-state index < -0.39 is 15.8 Å².